The third-order valence-corrected chi connectivity index (χ3v) is 3.14. The molecule has 0 radical (unpaired) electrons. The summed E-state index contributed by atoms with van der Waals surface area (Å²) in [6.07, 6.45) is 4.45. The molecule has 80 valence electrons. The minimum absolute atomic E-state index is 0.00694. The molecule has 2 atom stereocenters. The maximum Gasteiger partial charge on any atom is 0.410 e. The molecule has 2 rings (SSSR count). The smallest absolute Gasteiger partial charge is 0.410 e. The maximum atomic E-state index is 11.3. The van der Waals surface area contributed by atoms with Gasteiger partial charge in [-0.2, -0.15) is 0 Å². The molecule has 14 heavy (non-hydrogen) atoms. The van der Waals surface area contributed by atoms with E-state index >= 15 is 0 Å². The Bertz CT molecular complexity index is 219. The van der Waals surface area contributed by atoms with Crippen LogP contribution in [0.15, 0.2) is 0 Å². The first-order chi connectivity index (χ1) is 6.79. The zero-order chi connectivity index (χ0) is 9.97. The van der Waals surface area contributed by atoms with Crippen LogP contribution < -0.4 is 0 Å². The zero-order valence-electron chi connectivity index (χ0n) is 8.32. The van der Waals surface area contributed by atoms with E-state index in [1.165, 1.54) is 0 Å². The fraction of sp³-hybridized carbons (Fsp3) is 0.900. The lowest BCUT2D eigenvalue weighted by Crippen LogP contribution is -2.43. The molecule has 1 saturated carbocycles. The maximum absolute atomic E-state index is 11.3. The van der Waals surface area contributed by atoms with E-state index in [9.17, 15) is 9.90 Å². The van der Waals surface area contributed by atoms with Gasteiger partial charge in [0.25, 0.3) is 0 Å². The zero-order valence-corrected chi connectivity index (χ0v) is 8.32. The molecule has 0 aromatic rings. The van der Waals surface area contributed by atoms with E-state index in [4.69, 9.17) is 4.74 Å². The van der Waals surface area contributed by atoms with E-state index in [1.807, 2.05) is 0 Å². The van der Waals surface area contributed by atoms with Gasteiger partial charge in [-0.1, -0.05) is 19.3 Å². The van der Waals surface area contributed by atoms with Crippen molar-refractivity contribution in [3.63, 3.8) is 0 Å². The van der Waals surface area contributed by atoms with Crippen LogP contribution in [-0.4, -0.2) is 41.4 Å². The van der Waals surface area contributed by atoms with E-state index in [0.717, 1.165) is 32.1 Å². The molecule has 0 aromatic heterocycles. The molecule has 4 heteroatoms. The average molecular weight is 199 g/mol. The number of rotatable bonds is 1. The summed E-state index contributed by atoms with van der Waals surface area (Å²) >= 11 is 0. The predicted octanol–water partition coefficient (Wildman–Crippen LogP) is 1.13. The van der Waals surface area contributed by atoms with Crippen LogP contribution in [0.1, 0.15) is 32.1 Å². The van der Waals surface area contributed by atoms with Gasteiger partial charge >= 0.3 is 6.09 Å². The number of aliphatic hydroxyl groups excluding tert-OH is 1. The Morgan fingerprint density at radius 2 is 2.07 bits per heavy atom. The minimum Gasteiger partial charge on any atom is -0.448 e. The molecule has 1 aliphatic heterocycles. The van der Waals surface area contributed by atoms with Crippen molar-refractivity contribution in [2.75, 3.05) is 13.2 Å². The molecule has 1 aliphatic carbocycles. The van der Waals surface area contributed by atoms with Gasteiger partial charge in [-0.15, -0.1) is 0 Å². The van der Waals surface area contributed by atoms with E-state index < -0.39 is 0 Å². The van der Waals surface area contributed by atoms with Crippen LogP contribution in [0, 0.1) is 0 Å². The summed E-state index contributed by atoms with van der Waals surface area (Å²) in [4.78, 5) is 13.0. The number of hydrogen-bond donors (Lipinski definition) is 1. The highest BCUT2D eigenvalue weighted by atomic mass is 16.6. The van der Waals surface area contributed by atoms with Crippen molar-refractivity contribution in [1.82, 2.24) is 4.90 Å². The molecule has 2 unspecified atom stereocenters. The van der Waals surface area contributed by atoms with Gasteiger partial charge in [0.2, 0.25) is 0 Å². The second kappa shape index (κ2) is 4.17. The van der Waals surface area contributed by atoms with Crippen molar-refractivity contribution in [3.8, 4) is 0 Å². The van der Waals surface area contributed by atoms with Gasteiger partial charge in [0.15, 0.2) is 0 Å². The van der Waals surface area contributed by atoms with E-state index in [2.05, 4.69) is 0 Å². The van der Waals surface area contributed by atoms with Gasteiger partial charge in [0.05, 0.1) is 18.7 Å². The quantitative estimate of drug-likeness (QED) is 0.644. The molecule has 0 aromatic carbocycles. The number of cyclic esters (lactones) is 1. The van der Waals surface area contributed by atoms with Crippen molar-refractivity contribution in [2.24, 2.45) is 0 Å². The van der Waals surface area contributed by atoms with Gasteiger partial charge in [-0.25, -0.2) is 4.79 Å². The number of nitrogens with zero attached hydrogens (tertiary/aromatic N) is 1. The third-order valence-electron chi connectivity index (χ3n) is 3.14. The van der Waals surface area contributed by atoms with Crippen LogP contribution >= 0.6 is 0 Å². The summed E-state index contributed by atoms with van der Waals surface area (Å²) < 4.78 is 4.88. The lowest BCUT2D eigenvalue weighted by molar-refractivity contribution is 0.0644. The minimum atomic E-state index is -0.358. The monoisotopic (exact) mass is 199 g/mol. The molecular formula is C10H17NO3. The fourth-order valence-electron chi connectivity index (χ4n) is 2.34. The number of aliphatic hydroxyl groups is 1. The highest BCUT2D eigenvalue weighted by molar-refractivity contribution is 5.69. The van der Waals surface area contributed by atoms with Crippen LogP contribution in [0.4, 0.5) is 4.79 Å². The SMILES string of the molecule is O=C1OCCN1C1CCCCCC1O. The Morgan fingerprint density at radius 3 is 2.79 bits per heavy atom. The summed E-state index contributed by atoms with van der Waals surface area (Å²) in [6, 6.07) is -0.00694. The summed E-state index contributed by atoms with van der Waals surface area (Å²) in [5.41, 5.74) is 0. The standard InChI is InChI=1S/C10H17NO3/c12-9-5-3-1-2-4-8(9)11-6-7-14-10(11)13/h8-9,12H,1-7H2. The second-order valence-corrected chi connectivity index (χ2v) is 4.08. The summed E-state index contributed by atoms with van der Waals surface area (Å²) in [5.74, 6) is 0. The molecule has 0 bridgehead atoms. The van der Waals surface area contributed by atoms with Crippen molar-refractivity contribution in [1.29, 1.82) is 0 Å². The molecule has 1 heterocycles. The first-order valence-corrected chi connectivity index (χ1v) is 5.40. The second-order valence-electron chi connectivity index (χ2n) is 4.08. The van der Waals surface area contributed by atoms with Crippen LogP contribution in [0.25, 0.3) is 0 Å². The van der Waals surface area contributed by atoms with Crippen molar-refractivity contribution in [2.45, 2.75) is 44.2 Å². The highest BCUT2D eigenvalue weighted by Crippen LogP contribution is 2.24. The van der Waals surface area contributed by atoms with Crippen molar-refractivity contribution in [3.05, 3.63) is 0 Å². The largest absolute Gasteiger partial charge is 0.448 e. The lowest BCUT2D eigenvalue weighted by atomic mass is 10.1. The Labute approximate surface area is 83.8 Å². The van der Waals surface area contributed by atoms with E-state index in [0.29, 0.717) is 13.2 Å². The first kappa shape index (κ1) is 9.77. The average Bonchev–Trinajstić information content (AvgIpc) is 2.46. The molecule has 2 aliphatic rings. The Kier molecular flexibility index (Phi) is 2.91. The van der Waals surface area contributed by atoms with Gasteiger partial charge in [-0.3, -0.25) is 4.90 Å². The molecule has 1 saturated heterocycles. The molecular weight excluding hydrogens is 182 g/mol. The Balaban J connectivity index is 2.02. The Hall–Kier alpha value is -0.770. The molecule has 4 nitrogen and oxygen atoms in total. The van der Waals surface area contributed by atoms with Crippen molar-refractivity contribution >= 4 is 6.09 Å². The normalized spacial score (nSPS) is 34.1. The number of carbonyl (C=O) groups is 1. The highest BCUT2D eigenvalue weighted by Gasteiger charge is 2.34. The summed E-state index contributed by atoms with van der Waals surface area (Å²) in [7, 11) is 0. The van der Waals surface area contributed by atoms with Gasteiger partial charge < -0.3 is 9.84 Å². The van der Waals surface area contributed by atoms with E-state index in [-0.39, 0.29) is 18.2 Å². The topological polar surface area (TPSA) is 49.8 Å². The first-order valence-electron chi connectivity index (χ1n) is 5.40. The van der Waals surface area contributed by atoms with Gasteiger partial charge in [0.1, 0.15) is 6.61 Å². The number of carbonyl (C=O) groups excluding carboxylic acids is 1. The lowest BCUT2D eigenvalue weighted by Gasteiger charge is -2.28. The van der Waals surface area contributed by atoms with Crippen LogP contribution in [0.5, 0.6) is 0 Å². The van der Waals surface area contributed by atoms with Crippen LogP contribution in [0.3, 0.4) is 0 Å². The van der Waals surface area contributed by atoms with Gasteiger partial charge in [-0.05, 0) is 12.8 Å². The van der Waals surface area contributed by atoms with E-state index in [1.54, 1.807) is 4.90 Å². The number of amides is 1. The predicted molar refractivity (Wildman–Crippen MR) is 50.9 cm³/mol. The van der Waals surface area contributed by atoms with Gasteiger partial charge in [0, 0.05) is 0 Å². The molecule has 0 spiro atoms. The Morgan fingerprint density at radius 1 is 1.29 bits per heavy atom. The van der Waals surface area contributed by atoms with Crippen LogP contribution in [0.2, 0.25) is 0 Å². The molecule has 2 fully saturated rings. The van der Waals surface area contributed by atoms with Crippen molar-refractivity contribution < 1.29 is 14.6 Å². The fourth-order valence-corrected chi connectivity index (χ4v) is 2.34. The summed E-state index contributed by atoms with van der Waals surface area (Å²) in [5, 5.41) is 9.88. The summed E-state index contributed by atoms with van der Waals surface area (Å²) in [6.45, 7) is 1.11. The molecule has 1 N–H and O–H groups in total. The number of hydrogen-bond acceptors (Lipinski definition) is 3. The van der Waals surface area contributed by atoms with Crippen LogP contribution in [-0.2, 0) is 4.74 Å². The third kappa shape index (κ3) is 1.85. The number of ether oxygens (including phenoxy) is 1. The molecule has 1 amide bonds.